The first-order valence-electron chi connectivity index (χ1n) is 36.4. The van der Waals surface area contributed by atoms with Gasteiger partial charge in [-0.05, 0) is 78.4 Å². The average Bonchev–Trinajstić information content (AvgIpc) is 0.772. The zero-order valence-corrected chi connectivity index (χ0v) is 58.6. The van der Waals surface area contributed by atoms with Crippen molar-refractivity contribution in [3.63, 3.8) is 0 Å². The lowest BCUT2D eigenvalue weighted by Gasteiger charge is -2.51. The van der Waals surface area contributed by atoms with Crippen LogP contribution in [0.4, 0.5) is 0 Å². The summed E-state index contributed by atoms with van der Waals surface area (Å²) < 4.78 is 89.7. The van der Waals surface area contributed by atoms with Crippen LogP contribution in [0.3, 0.4) is 0 Å². The van der Waals surface area contributed by atoms with Gasteiger partial charge in [0, 0.05) is 18.9 Å². The molecule has 6 aliphatic heterocycles. The first-order chi connectivity index (χ1) is 46.5. The molecular formula is C72H116O25. The Bertz CT molecular complexity index is 2490. The highest BCUT2D eigenvalue weighted by atomic mass is 16.8. The fourth-order valence-electron chi connectivity index (χ4n) is 13.3. The minimum atomic E-state index is -1.95. The zero-order chi connectivity index (χ0) is 70.3. The number of carbonyl (C=O) groups excluding carboxylic acids is 4. The second-order valence-electron chi connectivity index (χ2n) is 27.5. The number of unbranched alkanes of at least 4 members (excludes halogenated alkanes) is 10. The Morgan fingerprint density at radius 1 is 0.495 bits per heavy atom. The van der Waals surface area contributed by atoms with E-state index in [9.17, 15) is 54.9 Å². The van der Waals surface area contributed by atoms with Crippen molar-refractivity contribution in [3.05, 3.63) is 42.0 Å². The molecule has 2 bridgehead atoms. The van der Waals surface area contributed by atoms with Crippen LogP contribution in [0.2, 0.25) is 0 Å². The summed E-state index contributed by atoms with van der Waals surface area (Å²) in [5, 5.41) is 81.7. The van der Waals surface area contributed by atoms with Crippen LogP contribution in [0.1, 0.15) is 222 Å². The second kappa shape index (κ2) is 40.7. The molecule has 0 radical (unpaired) electrons. The molecule has 1 aromatic rings. The van der Waals surface area contributed by atoms with E-state index in [0.29, 0.717) is 31.2 Å². The van der Waals surface area contributed by atoms with E-state index in [2.05, 4.69) is 13.8 Å². The predicted octanol–water partition coefficient (Wildman–Crippen LogP) is 7.60. The molecule has 0 aliphatic carbocycles. The molecule has 0 spiro atoms. The Morgan fingerprint density at radius 3 is 1.74 bits per heavy atom. The molecule has 27 atom stereocenters. The van der Waals surface area contributed by atoms with E-state index in [4.69, 9.17) is 66.3 Å². The summed E-state index contributed by atoms with van der Waals surface area (Å²) in [7, 11) is 0. The molecule has 6 fully saturated rings. The lowest BCUT2D eigenvalue weighted by Crippen LogP contribution is -2.68. The molecule has 0 unspecified atom stereocenters. The maximum atomic E-state index is 14.4. The lowest BCUT2D eigenvalue weighted by atomic mass is 9.95. The van der Waals surface area contributed by atoms with E-state index < -0.39 is 183 Å². The molecule has 554 valence electrons. The highest BCUT2D eigenvalue weighted by Crippen LogP contribution is 2.40. The number of carbonyl (C=O) groups is 4. The molecule has 0 saturated carbocycles. The molecule has 7 N–H and O–H groups in total. The molecule has 0 amide bonds. The van der Waals surface area contributed by atoms with E-state index in [1.807, 2.05) is 6.07 Å². The first kappa shape index (κ1) is 80.5. The number of hydrogen-bond acceptors (Lipinski definition) is 25. The van der Waals surface area contributed by atoms with Crippen LogP contribution in [0.15, 0.2) is 36.4 Å². The summed E-state index contributed by atoms with van der Waals surface area (Å²) in [4.78, 5) is 56.0. The fraction of sp³-hybridized carbons (Fsp3) is 0.833. The Kier molecular flexibility index (Phi) is 33.8. The smallest absolute Gasteiger partial charge is 0.331 e. The van der Waals surface area contributed by atoms with Crippen LogP contribution in [-0.2, 0) is 85.5 Å². The maximum Gasteiger partial charge on any atom is 0.331 e. The molecule has 6 heterocycles. The second-order valence-corrected chi connectivity index (χ2v) is 27.5. The minimum Gasteiger partial charge on any atom is -0.456 e. The van der Waals surface area contributed by atoms with Crippen LogP contribution in [0.25, 0.3) is 6.08 Å². The Morgan fingerprint density at radius 2 is 1.05 bits per heavy atom. The largest absolute Gasteiger partial charge is 0.456 e. The summed E-state index contributed by atoms with van der Waals surface area (Å²) in [5.41, 5.74) is 0.669. The Balaban J connectivity index is 1.22. The van der Waals surface area contributed by atoms with Crippen LogP contribution < -0.4 is 0 Å². The number of esters is 4. The van der Waals surface area contributed by atoms with Crippen molar-refractivity contribution in [1.82, 2.24) is 0 Å². The van der Waals surface area contributed by atoms with Gasteiger partial charge in [0.25, 0.3) is 0 Å². The van der Waals surface area contributed by atoms with Crippen molar-refractivity contribution < 1.29 is 121 Å². The van der Waals surface area contributed by atoms with Gasteiger partial charge in [0.05, 0.1) is 42.5 Å². The van der Waals surface area contributed by atoms with E-state index in [-0.39, 0.29) is 25.4 Å². The average molecular weight is 1380 g/mol. The number of aliphatic hydroxyl groups excluding tert-OH is 7. The van der Waals surface area contributed by atoms with Crippen molar-refractivity contribution >= 4 is 30.0 Å². The highest BCUT2D eigenvalue weighted by molar-refractivity contribution is 5.87. The van der Waals surface area contributed by atoms with Gasteiger partial charge in [-0.2, -0.15) is 0 Å². The van der Waals surface area contributed by atoms with Crippen LogP contribution in [-0.4, -0.2) is 219 Å². The lowest BCUT2D eigenvalue weighted by molar-refractivity contribution is -0.399. The molecule has 6 saturated heterocycles. The third kappa shape index (κ3) is 23.3. The summed E-state index contributed by atoms with van der Waals surface area (Å²) in [6.07, 6.45) is -17.1. The summed E-state index contributed by atoms with van der Waals surface area (Å²) in [5.74, 6) is -3.81. The molecule has 25 nitrogen and oxygen atoms in total. The molecule has 1 aromatic carbocycles. The summed E-state index contributed by atoms with van der Waals surface area (Å²) in [6.45, 7) is 15.3. The van der Waals surface area contributed by atoms with Gasteiger partial charge in [-0.25, -0.2) is 4.79 Å². The van der Waals surface area contributed by atoms with Gasteiger partial charge < -0.3 is 102 Å². The molecule has 0 aromatic heterocycles. The van der Waals surface area contributed by atoms with Gasteiger partial charge in [-0.15, -0.1) is 0 Å². The van der Waals surface area contributed by atoms with Crippen LogP contribution in [0, 0.1) is 5.92 Å². The molecule has 6 aliphatic rings. The number of hydrogen-bond donors (Lipinski definition) is 7. The number of aliphatic hydroxyl groups is 7. The standard InChI is InChI=1S/C72H116O25/c1-10-13-15-16-17-18-21-24-31-37-49(73)90-59-44(7)86-69(57(81)62(59)92-51(75)40-39-47-33-28-26-29-34-47)94-61-46(9)88-72(66(93-67(83)41(4)12-3)65(61)97-68-56(80)54(78)52(76)42(5)84-68)95-60-45(8)87-70-58(82)63(60)91-50(74)38-32-25-22-19-20-23-30-36-48(35-27-14-11-2)89-71-64(96-70)55(79)53(77)43(6)85-71/h26,28-29,33-34,39-46,48,52-66,68-72,76-82H,10-25,27,30-32,35-38H2,1-9H3/b40-39+/t41-,42+,43-,44+,45+,46+,48+,52+,53+,54-,55+,56-,57-,58-,59+,60+,61+,62+,63+,64-,65-,66-,68+,69+,70+,71+,72+/m1/s1. The number of rotatable bonds is 27. The van der Waals surface area contributed by atoms with Gasteiger partial charge in [0.15, 0.2) is 55.9 Å². The van der Waals surface area contributed by atoms with E-state index in [0.717, 1.165) is 102 Å². The SMILES string of the molecule is CCCCCCCCCCCC(=O)O[C@@H]1[C@@H](OC(=O)/C=C/c2ccccc2)[C@@H](O)[C@H](O[C@@H]2[C@@H](O[C@@H]3O[C@@H](C)[C@H](O)[C@@H](O)[C@H]3O)[C@@H](OC(=O)[C@H](C)CC)[C@H](O[C@@H]3[C@H]4OC(=O)CCCCCCCCC[C@H](CCCCC)O[C@@H]5O[C@H](C)[C@H](O)[C@H](O)[C@H]5O[C@H](O[C@H]3C)[C@@H]4O)O[C@H]2C)O[C@H]1C. The van der Waals surface area contributed by atoms with E-state index in [1.54, 1.807) is 58.9 Å². The third-order valence-electron chi connectivity index (χ3n) is 19.6. The quantitative estimate of drug-likeness (QED) is 0.0193. The van der Waals surface area contributed by atoms with Gasteiger partial charge in [0.1, 0.15) is 67.1 Å². The monoisotopic (exact) mass is 1380 g/mol. The highest BCUT2D eigenvalue weighted by Gasteiger charge is 2.59. The molecule has 7 rings (SSSR count). The number of fused-ring (bicyclic) bond motifs is 3. The van der Waals surface area contributed by atoms with Gasteiger partial charge in [-0.3, -0.25) is 14.4 Å². The van der Waals surface area contributed by atoms with E-state index >= 15 is 0 Å². The van der Waals surface area contributed by atoms with Crippen molar-refractivity contribution in [2.75, 3.05) is 0 Å². The van der Waals surface area contributed by atoms with Crippen molar-refractivity contribution in [2.45, 2.75) is 376 Å². The first-order valence-corrected chi connectivity index (χ1v) is 36.4. The summed E-state index contributed by atoms with van der Waals surface area (Å²) >= 11 is 0. The van der Waals surface area contributed by atoms with Crippen molar-refractivity contribution in [1.29, 1.82) is 0 Å². The van der Waals surface area contributed by atoms with Crippen molar-refractivity contribution in [2.24, 2.45) is 5.92 Å². The van der Waals surface area contributed by atoms with Gasteiger partial charge >= 0.3 is 23.9 Å². The summed E-state index contributed by atoms with van der Waals surface area (Å²) in [6, 6.07) is 8.93. The predicted molar refractivity (Wildman–Crippen MR) is 350 cm³/mol. The topological polar surface area (TPSA) is 339 Å². The Hall–Kier alpha value is -3.84. The van der Waals surface area contributed by atoms with Crippen LogP contribution in [0.5, 0.6) is 0 Å². The minimum absolute atomic E-state index is 0.0429. The molecular weight excluding hydrogens is 1260 g/mol. The van der Waals surface area contributed by atoms with Gasteiger partial charge in [-0.1, -0.05) is 167 Å². The number of ether oxygens (including phenoxy) is 14. The molecule has 97 heavy (non-hydrogen) atoms. The van der Waals surface area contributed by atoms with Gasteiger partial charge in [0.2, 0.25) is 0 Å². The van der Waals surface area contributed by atoms with Crippen molar-refractivity contribution in [3.8, 4) is 0 Å². The maximum absolute atomic E-state index is 14.4. The van der Waals surface area contributed by atoms with Crippen LogP contribution >= 0.6 is 0 Å². The Labute approximate surface area is 573 Å². The van der Waals surface area contributed by atoms with E-state index in [1.165, 1.54) is 32.8 Å². The molecule has 25 heteroatoms. The fourth-order valence-corrected chi connectivity index (χ4v) is 13.3. The number of benzene rings is 1. The normalized spacial score (nSPS) is 38.5. The third-order valence-corrected chi connectivity index (χ3v) is 19.6. The zero-order valence-electron chi connectivity index (χ0n) is 58.6.